The van der Waals surface area contributed by atoms with Crippen LogP contribution in [0.2, 0.25) is 0 Å². The Morgan fingerprint density at radius 3 is 2.80 bits per heavy atom. The van der Waals surface area contributed by atoms with E-state index in [2.05, 4.69) is 17.1 Å². The largest absolute Gasteiger partial charge is 0.465 e. The second-order valence-electron chi connectivity index (χ2n) is 6.20. The van der Waals surface area contributed by atoms with Gasteiger partial charge in [-0.25, -0.2) is 4.98 Å². The SMILES string of the molecule is c1ccc2c(c1)ncn2OCCc1ccc(OC2CCCCO2)cc1. The second-order valence-corrected chi connectivity index (χ2v) is 6.20. The lowest BCUT2D eigenvalue weighted by molar-refractivity contribution is -0.105. The van der Waals surface area contributed by atoms with E-state index in [-0.39, 0.29) is 6.29 Å². The van der Waals surface area contributed by atoms with Gasteiger partial charge in [-0.2, -0.15) is 4.73 Å². The molecule has 1 unspecified atom stereocenters. The maximum absolute atomic E-state index is 5.86. The van der Waals surface area contributed by atoms with Gasteiger partial charge in [-0.3, -0.25) is 0 Å². The minimum atomic E-state index is -0.0996. The lowest BCUT2D eigenvalue weighted by Gasteiger charge is -2.23. The Bertz CT molecular complexity index is 807. The zero-order valence-electron chi connectivity index (χ0n) is 14.1. The van der Waals surface area contributed by atoms with Gasteiger partial charge in [0.15, 0.2) is 6.29 Å². The Hall–Kier alpha value is -2.53. The van der Waals surface area contributed by atoms with Gasteiger partial charge in [0.1, 0.15) is 24.2 Å². The van der Waals surface area contributed by atoms with Gasteiger partial charge in [0, 0.05) is 12.8 Å². The first-order valence-corrected chi connectivity index (χ1v) is 8.81. The number of aromatic nitrogens is 2. The van der Waals surface area contributed by atoms with E-state index >= 15 is 0 Å². The molecule has 0 bridgehead atoms. The molecule has 1 aliphatic rings. The molecular weight excluding hydrogens is 316 g/mol. The molecule has 130 valence electrons. The summed E-state index contributed by atoms with van der Waals surface area (Å²) in [6, 6.07) is 16.1. The summed E-state index contributed by atoms with van der Waals surface area (Å²) in [6.45, 7) is 1.38. The minimum absolute atomic E-state index is 0.0996. The fraction of sp³-hybridized carbons (Fsp3) is 0.350. The van der Waals surface area contributed by atoms with Crippen LogP contribution in [0.5, 0.6) is 5.75 Å². The molecule has 25 heavy (non-hydrogen) atoms. The van der Waals surface area contributed by atoms with E-state index < -0.39 is 0 Å². The van der Waals surface area contributed by atoms with E-state index in [1.54, 1.807) is 11.1 Å². The summed E-state index contributed by atoms with van der Waals surface area (Å²) in [5.41, 5.74) is 3.13. The monoisotopic (exact) mass is 338 g/mol. The van der Waals surface area contributed by atoms with Crippen LogP contribution in [0.25, 0.3) is 11.0 Å². The summed E-state index contributed by atoms with van der Waals surface area (Å²) in [7, 11) is 0. The molecule has 5 nitrogen and oxygen atoms in total. The van der Waals surface area contributed by atoms with E-state index in [1.807, 2.05) is 36.4 Å². The number of nitrogens with zero attached hydrogens (tertiary/aromatic N) is 2. The van der Waals surface area contributed by atoms with Gasteiger partial charge >= 0.3 is 0 Å². The van der Waals surface area contributed by atoms with Crippen LogP contribution in [0.3, 0.4) is 0 Å². The fourth-order valence-corrected chi connectivity index (χ4v) is 2.99. The lowest BCUT2D eigenvalue weighted by Crippen LogP contribution is -2.24. The molecule has 2 aromatic carbocycles. The van der Waals surface area contributed by atoms with Crippen molar-refractivity contribution in [1.29, 1.82) is 0 Å². The van der Waals surface area contributed by atoms with Gasteiger partial charge in [-0.05, 0) is 42.7 Å². The molecule has 1 saturated heterocycles. The highest BCUT2D eigenvalue weighted by Crippen LogP contribution is 2.19. The highest BCUT2D eigenvalue weighted by atomic mass is 16.7. The van der Waals surface area contributed by atoms with Crippen LogP contribution in [0.15, 0.2) is 54.9 Å². The summed E-state index contributed by atoms with van der Waals surface area (Å²) in [6.07, 6.45) is 5.71. The smallest absolute Gasteiger partial charge is 0.199 e. The molecule has 0 saturated carbocycles. The maximum Gasteiger partial charge on any atom is 0.199 e. The highest BCUT2D eigenvalue weighted by Gasteiger charge is 2.14. The fourth-order valence-electron chi connectivity index (χ4n) is 2.99. The van der Waals surface area contributed by atoms with Crippen LogP contribution in [0, 0.1) is 0 Å². The molecule has 0 radical (unpaired) electrons. The number of hydrogen-bond acceptors (Lipinski definition) is 4. The Morgan fingerprint density at radius 1 is 1.08 bits per heavy atom. The molecule has 0 spiro atoms. The first-order chi connectivity index (χ1) is 12.4. The van der Waals surface area contributed by atoms with Crippen LogP contribution in [0.1, 0.15) is 24.8 Å². The van der Waals surface area contributed by atoms with Gasteiger partial charge in [-0.1, -0.05) is 24.3 Å². The standard InChI is InChI=1S/C20H22N2O3/c1-2-6-19-18(5-1)21-15-22(19)24-14-12-16-8-10-17(11-9-16)25-20-7-3-4-13-23-20/h1-2,5-6,8-11,15,20H,3-4,7,12-14H2. The van der Waals surface area contributed by atoms with Crippen molar-refractivity contribution in [1.82, 2.24) is 9.71 Å². The molecule has 5 heteroatoms. The van der Waals surface area contributed by atoms with Crippen LogP contribution in [-0.2, 0) is 11.2 Å². The van der Waals surface area contributed by atoms with Gasteiger partial charge in [0.2, 0.25) is 0 Å². The van der Waals surface area contributed by atoms with Crippen molar-refractivity contribution >= 4 is 11.0 Å². The van der Waals surface area contributed by atoms with E-state index in [9.17, 15) is 0 Å². The number of para-hydroxylation sites is 2. The molecule has 1 atom stereocenters. The van der Waals surface area contributed by atoms with E-state index in [0.717, 1.165) is 42.7 Å². The van der Waals surface area contributed by atoms with Crippen LogP contribution in [0.4, 0.5) is 0 Å². The average Bonchev–Trinajstić information content (AvgIpc) is 3.07. The summed E-state index contributed by atoms with van der Waals surface area (Å²) in [5, 5.41) is 0. The molecule has 0 aliphatic carbocycles. The summed E-state index contributed by atoms with van der Waals surface area (Å²) < 4.78 is 13.2. The van der Waals surface area contributed by atoms with Crippen molar-refractivity contribution in [2.75, 3.05) is 13.2 Å². The third-order valence-electron chi connectivity index (χ3n) is 4.37. The highest BCUT2D eigenvalue weighted by molar-refractivity contribution is 5.74. The number of ether oxygens (including phenoxy) is 2. The molecule has 0 N–H and O–H groups in total. The number of imidazole rings is 1. The topological polar surface area (TPSA) is 45.5 Å². The first-order valence-electron chi connectivity index (χ1n) is 8.81. The molecular formula is C20H22N2O3. The maximum atomic E-state index is 5.86. The van der Waals surface area contributed by atoms with Gasteiger partial charge in [0.25, 0.3) is 0 Å². The zero-order chi connectivity index (χ0) is 16.9. The van der Waals surface area contributed by atoms with Crippen molar-refractivity contribution in [3.05, 3.63) is 60.4 Å². The van der Waals surface area contributed by atoms with Crippen molar-refractivity contribution in [3.63, 3.8) is 0 Å². The molecule has 4 rings (SSSR count). The molecule has 1 aliphatic heterocycles. The summed E-state index contributed by atoms with van der Waals surface area (Å²) in [4.78, 5) is 10.1. The number of benzene rings is 2. The predicted octanol–water partition coefficient (Wildman–Crippen LogP) is 3.61. The Morgan fingerprint density at radius 2 is 1.96 bits per heavy atom. The van der Waals surface area contributed by atoms with E-state index in [4.69, 9.17) is 14.3 Å². The lowest BCUT2D eigenvalue weighted by atomic mass is 10.1. The third-order valence-corrected chi connectivity index (χ3v) is 4.37. The Labute approximate surface area is 147 Å². The molecule has 3 aromatic rings. The van der Waals surface area contributed by atoms with Crippen LogP contribution < -0.4 is 9.57 Å². The van der Waals surface area contributed by atoms with Crippen LogP contribution >= 0.6 is 0 Å². The van der Waals surface area contributed by atoms with Crippen molar-refractivity contribution < 1.29 is 14.3 Å². The molecule has 1 fully saturated rings. The molecule has 0 amide bonds. The van der Waals surface area contributed by atoms with Crippen molar-refractivity contribution in [3.8, 4) is 5.75 Å². The molecule has 2 heterocycles. The second kappa shape index (κ2) is 7.57. The normalized spacial score (nSPS) is 17.5. The average molecular weight is 338 g/mol. The van der Waals surface area contributed by atoms with Crippen LogP contribution in [-0.4, -0.2) is 29.2 Å². The molecule has 1 aromatic heterocycles. The number of fused-ring (bicyclic) bond motifs is 1. The van der Waals surface area contributed by atoms with Crippen molar-refractivity contribution in [2.24, 2.45) is 0 Å². The van der Waals surface area contributed by atoms with Gasteiger partial charge in [0.05, 0.1) is 12.1 Å². The quantitative estimate of drug-likeness (QED) is 0.689. The zero-order valence-corrected chi connectivity index (χ0v) is 14.1. The predicted molar refractivity (Wildman–Crippen MR) is 95.5 cm³/mol. The first kappa shape index (κ1) is 16.0. The van der Waals surface area contributed by atoms with E-state index in [0.29, 0.717) is 6.61 Å². The van der Waals surface area contributed by atoms with Gasteiger partial charge < -0.3 is 14.3 Å². The van der Waals surface area contributed by atoms with Crippen molar-refractivity contribution in [2.45, 2.75) is 32.0 Å². The number of rotatable bonds is 6. The van der Waals surface area contributed by atoms with Gasteiger partial charge in [-0.15, -0.1) is 0 Å². The summed E-state index contributed by atoms with van der Waals surface area (Å²) in [5.74, 6) is 0.858. The Kier molecular flexibility index (Phi) is 4.84. The third kappa shape index (κ3) is 3.94. The number of hydrogen-bond donors (Lipinski definition) is 0. The minimum Gasteiger partial charge on any atom is -0.465 e. The summed E-state index contributed by atoms with van der Waals surface area (Å²) >= 11 is 0. The Balaban J connectivity index is 1.29. The van der Waals surface area contributed by atoms with E-state index in [1.165, 1.54) is 12.0 Å².